The fraction of sp³-hybridized carbons (Fsp3) is 0.0556. The molecular formula is C36H24N2O2. The Balaban J connectivity index is 1.36. The Morgan fingerprint density at radius 1 is 0.475 bits per heavy atom. The number of fused-ring (bicyclic) bond motifs is 9. The number of hydrogen-bond donors (Lipinski definition) is 0. The van der Waals surface area contributed by atoms with Gasteiger partial charge in [0.1, 0.15) is 5.52 Å². The van der Waals surface area contributed by atoms with Crippen LogP contribution in [0.4, 0.5) is 0 Å². The predicted molar refractivity (Wildman–Crippen MR) is 162 cm³/mol. The van der Waals surface area contributed by atoms with Gasteiger partial charge in [0, 0.05) is 32.9 Å². The summed E-state index contributed by atoms with van der Waals surface area (Å²) in [6, 6.07) is 38.8. The number of nitrogens with zero attached hydrogens (tertiary/aromatic N) is 2. The summed E-state index contributed by atoms with van der Waals surface area (Å²) in [4.78, 5) is 0. The largest absolute Gasteiger partial charge is 0.450 e. The summed E-state index contributed by atoms with van der Waals surface area (Å²) >= 11 is 0. The lowest BCUT2D eigenvalue weighted by Gasteiger charge is -2.25. The topological polar surface area (TPSA) is 28.3 Å². The van der Waals surface area contributed by atoms with Gasteiger partial charge in [0.25, 0.3) is 0 Å². The third-order valence-electron chi connectivity index (χ3n) is 8.18. The number of hydrogen-bond acceptors (Lipinski definition) is 2. The summed E-state index contributed by atoms with van der Waals surface area (Å²) in [5.41, 5.74) is 6.78. The van der Waals surface area contributed by atoms with E-state index in [-0.39, 0.29) is 0 Å². The second kappa shape index (κ2) is 8.14. The fourth-order valence-corrected chi connectivity index (χ4v) is 6.45. The number of para-hydroxylation sites is 3. The molecule has 1 aliphatic heterocycles. The first-order valence-corrected chi connectivity index (χ1v) is 13.8. The van der Waals surface area contributed by atoms with Crippen molar-refractivity contribution in [1.29, 1.82) is 0 Å². The molecule has 2 aliphatic rings. The van der Waals surface area contributed by atoms with E-state index >= 15 is 0 Å². The van der Waals surface area contributed by atoms with E-state index < -0.39 is 0 Å². The first kappa shape index (κ1) is 21.7. The quantitative estimate of drug-likeness (QED) is 0.229. The molecule has 7 aromatic rings. The van der Waals surface area contributed by atoms with Crippen LogP contribution in [0, 0.1) is 0 Å². The first-order valence-electron chi connectivity index (χ1n) is 13.8. The van der Waals surface area contributed by atoms with Crippen LogP contribution in [-0.2, 0) is 0 Å². The second-order valence-electron chi connectivity index (χ2n) is 10.4. The van der Waals surface area contributed by atoms with Crippen molar-refractivity contribution in [1.82, 2.24) is 9.13 Å². The molecule has 0 unspecified atom stereocenters. The van der Waals surface area contributed by atoms with E-state index in [9.17, 15) is 0 Å². The Bertz CT molecular complexity index is 2210. The second-order valence-corrected chi connectivity index (χ2v) is 10.4. The lowest BCUT2D eigenvalue weighted by atomic mass is 10.1. The molecule has 0 N–H and O–H groups in total. The summed E-state index contributed by atoms with van der Waals surface area (Å²) in [7, 11) is 0. The van der Waals surface area contributed by atoms with E-state index in [2.05, 4.69) is 124 Å². The molecule has 0 bridgehead atoms. The molecule has 40 heavy (non-hydrogen) atoms. The smallest absolute Gasteiger partial charge is 0.194 e. The minimum Gasteiger partial charge on any atom is -0.450 e. The molecule has 2 aromatic heterocycles. The molecule has 190 valence electrons. The van der Waals surface area contributed by atoms with Crippen molar-refractivity contribution in [2.45, 2.75) is 12.8 Å². The maximum absolute atomic E-state index is 6.60. The molecule has 0 radical (unpaired) electrons. The van der Waals surface area contributed by atoms with Gasteiger partial charge in [-0.1, -0.05) is 54.6 Å². The normalized spacial score (nSPS) is 14.5. The highest BCUT2D eigenvalue weighted by molar-refractivity contribution is 6.13. The Morgan fingerprint density at radius 3 is 1.93 bits per heavy atom. The van der Waals surface area contributed by atoms with Gasteiger partial charge >= 0.3 is 0 Å². The third-order valence-corrected chi connectivity index (χ3v) is 8.18. The molecular weight excluding hydrogens is 492 g/mol. The maximum Gasteiger partial charge on any atom is 0.194 e. The molecule has 0 saturated carbocycles. The zero-order chi connectivity index (χ0) is 26.2. The Hall–Kier alpha value is -5.22. The highest BCUT2D eigenvalue weighted by atomic mass is 16.6. The van der Waals surface area contributed by atoms with Gasteiger partial charge in [0.15, 0.2) is 23.0 Å². The molecule has 4 heteroatoms. The zero-order valence-electron chi connectivity index (χ0n) is 21.7. The van der Waals surface area contributed by atoms with Crippen molar-refractivity contribution in [3.8, 4) is 22.9 Å². The molecule has 0 atom stereocenters. The number of ether oxygens (including phenoxy) is 2. The summed E-state index contributed by atoms with van der Waals surface area (Å²) in [6.07, 6.45) is 6.18. The minimum atomic E-state index is 0.753. The van der Waals surface area contributed by atoms with Crippen LogP contribution in [0.15, 0.2) is 133 Å². The van der Waals surface area contributed by atoms with Gasteiger partial charge in [-0.2, -0.15) is 0 Å². The van der Waals surface area contributed by atoms with E-state index in [1.165, 1.54) is 27.2 Å². The Labute approximate surface area is 230 Å². The third kappa shape index (κ3) is 2.96. The molecule has 3 heterocycles. The average molecular weight is 517 g/mol. The summed E-state index contributed by atoms with van der Waals surface area (Å²) in [6.45, 7) is 0. The van der Waals surface area contributed by atoms with Crippen LogP contribution in [-0.4, -0.2) is 9.13 Å². The van der Waals surface area contributed by atoms with Crippen LogP contribution in [0.1, 0.15) is 12.8 Å². The number of allylic oxidation sites excluding steroid dienone is 2. The van der Waals surface area contributed by atoms with E-state index in [4.69, 9.17) is 9.47 Å². The van der Waals surface area contributed by atoms with Crippen LogP contribution >= 0.6 is 0 Å². The maximum atomic E-state index is 6.60. The van der Waals surface area contributed by atoms with Crippen molar-refractivity contribution in [3.63, 3.8) is 0 Å². The molecule has 4 nitrogen and oxygen atoms in total. The summed E-state index contributed by atoms with van der Waals surface area (Å²) < 4.78 is 17.6. The minimum absolute atomic E-state index is 0.753. The molecule has 5 aromatic carbocycles. The van der Waals surface area contributed by atoms with Crippen molar-refractivity contribution < 1.29 is 9.47 Å². The van der Waals surface area contributed by atoms with Crippen LogP contribution in [0.3, 0.4) is 0 Å². The van der Waals surface area contributed by atoms with Gasteiger partial charge in [-0.25, -0.2) is 0 Å². The van der Waals surface area contributed by atoms with Gasteiger partial charge in [-0.05, 0) is 79.6 Å². The van der Waals surface area contributed by atoms with E-state index in [1.54, 1.807) is 0 Å². The van der Waals surface area contributed by atoms with Crippen LogP contribution in [0.25, 0.3) is 55.0 Å². The number of aromatic nitrogens is 2. The van der Waals surface area contributed by atoms with Crippen molar-refractivity contribution in [2.24, 2.45) is 0 Å². The van der Waals surface area contributed by atoms with Gasteiger partial charge in [-0.15, -0.1) is 0 Å². The van der Waals surface area contributed by atoms with Crippen molar-refractivity contribution >= 4 is 43.6 Å². The summed E-state index contributed by atoms with van der Waals surface area (Å²) in [5.74, 6) is 3.15. The van der Waals surface area contributed by atoms with Gasteiger partial charge < -0.3 is 18.6 Å². The zero-order valence-corrected chi connectivity index (χ0v) is 21.7. The van der Waals surface area contributed by atoms with Gasteiger partial charge in [-0.3, -0.25) is 0 Å². The standard InChI is InChI=1S/C36H24N2O2/c1-2-10-23(11-3-1)37-29-14-6-5-13-26(29)28-22-24(18-20-31(28)37)38-30-15-7-4-12-25(30)27-19-21-34-36(35(27)38)40-33-17-9-8-16-32(33)39-34/h1-7,10-22H,8-9H2. The Morgan fingerprint density at radius 2 is 1.12 bits per heavy atom. The molecule has 0 fully saturated rings. The van der Waals surface area contributed by atoms with Crippen molar-refractivity contribution in [2.75, 3.05) is 0 Å². The van der Waals surface area contributed by atoms with Crippen molar-refractivity contribution in [3.05, 3.63) is 133 Å². The van der Waals surface area contributed by atoms with Crippen LogP contribution in [0.5, 0.6) is 11.5 Å². The lowest BCUT2D eigenvalue weighted by molar-refractivity contribution is 0.291. The van der Waals surface area contributed by atoms with E-state index in [1.807, 2.05) is 6.07 Å². The Kier molecular flexibility index (Phi) is 4.41. The number of benzene rings is 5. The molecule has 1 aliphatic carbocycles. The van der Waals surface area contributed by atoms with E-state index in [0.717, 1.165) is 63.7 Å². The first-order chi connectivity index (χ1) is 19.8. The monoisotopic (exact) mass is 516 g/mol. The molecule has 0 spiro atoms. The highest BCUT2D eigenvalue weighted by Gasteiger charge is 2.28. The van der Waals surface area contributed by atoms with Gasteiger partial charge in [0.05, 0.1) is 16.6 Å². The fourth-order valence-electron chi connectivity index (χ4n) is 6.45. The summed E-state index contributed by atoms with van der Waals surface area (Å²) in [5, 5.41) is 4.78. The molecule has 0 saturated heterocycles. The molecule has 0 amide bonds. The van der Waals surface area contributed by atoms with Crippen LogP contribution in [0.2, 0.25) is 0 Å². The highest BCUT2D eigenvalue weighted by Crippen LogP contribution is 2.47. The van der Waals surface area contributed by atoms with Crippen LogP contribution < -0.4 is 9.47 Å². The number of rotatable bonds is 2. The van der Waals surface area contributed by atoms with Gasteiger partial charge in [0.2, 0.25) is 0 Å². The average Bonchev–Trinajstić information content (AvgIpc) is 3.53. The lowest BCUT2D eigenvalue weighted by Crippen LogP contribution is -2.14. The predicted octanol–water partition coefficient (Wildman–Crippen LogP) is 9.21. The molecule has 9 rings (SSSR count). The van der Waals surface area contributed by atoms with E-state index in [0.29, 0.717) is 0 Å². The SMILES string of the molecule is C1=C2Oc3ccc4c5ccccc5n(-c5ccc6c(c5)c5ccccc5n6-c5ccccc5)c4c3OC2=CCC1.